The monoisotopic (exact) mass is 273 g/mol. The van der Waals surface area contributed by atoms with Gasteiger partial charge in [-0.05, 0) is 37.0 Å². The number of alkyl halides is 2. The maximum Gasteiger partial charge on any atom is 0.352 e. The summed E-state index contributed by atoms with van der Waals surface area (Å²) in [6.45, 7) is -0.206. The Labute approximate surface area is 108 Å². The van der Waals surface area contributed by atoms with Crippen LogP contribution in [0.5, 0.6) is 0 Å². The van der Waals surface area contributed by atoms with E-state index in [1.54, 1.807) is 0 Å². The second-order valence-corrected chi connectivity index (χ2v) is 4.77. The van der Waals surface area contributed by atoms with Gasteiger partial charge in [-0.15, -0.1) is 0 Å². The highest BCUT2D eigenvalue weighted by Crippen LogP contribution is 2.44. The summed E-state index contributed by atoms with van der Waals surface area (Å²) in [7, 11) is 0. The Hall–Kier alpha value is -1.56. The highest BCUT2D eigenvalue weighted by molar-refractivity contribution is 5.85. The first-order chi connectivity index (χ1) is 8.85. The number of nitrogens with one attached hydrogen (secondary N) is 1. The van der Waals surface area contributed by atoms with Gasteiger partial charge in [0.05, 0.1) is 0 Å². The SMILES string of the molecule is O=C(NCc1cccc(F)c1)C(F)(F)C1(O)CCC1. The average Bonchev–Trinajstić information content (AvgIpc) is 2.32. The molecule has 1 saturated carbocycles. The van der Waals surface area contributed by atoms with Crippen molar-refractivity contribution in [1.29, 1.82) is 0 Å². The summed E-state index contributed by atoms with van der Waals surface area (Å²) < 4.78 is 40.3. The lowest BCUT2D eigenvalue weighted by molar-refractivity contribution is -0.216. The van der Waals surface area contributed by atoms with E-state index < -0.39 is 23.2 Å². The number of amides is 1. The van der Waals surface area contributed by atoms with Crippen LogP contribution in [0, 0.1) is 5.82 Å². The van der Waals surface area contributed by atoms with Gasteiger partial charge in [0.25, 0.3) is 5.91 Å². The predicted octanol–water partition coefficient (Wildman–Crippen LogP) is 1.99. The normalized spacial score (nSPS) is 17.7. The summed E-state index contributed by atoms with van der Waals surface area (Å²) in [5.41, 5.74) is -1.86. The van der Waals surface area contributed by atoms with E-state index in [9.17, 15) is 23.1 Å². The van der Waals surface area contributed by atoms with Crippen molar-refractivity contribution in [2.24, 2.45) is 0 Å². The second-order valence-electron chi connectivity index (χ2n) is 4.77. The maximum atomic E-state index is 13.7. The largest absolute Gasteiger partial charge is 0.383 e. The molecular formula is C13H14F3NO2. The van der Waals surface area contributed by atoms with Gasteiger partial charge in [-0.1, -0.05) is 12.1 Å². The zero-order valence-corrected chi connectivity index (χ0v) is 10.1. The summed E-state index contributed by atoms with van der Waals surface area (Å²) in [5, 5.41) is 11.6. The highest BCUT2D eigenvalue weighted by atomic mass is 19.3. The Kier molecular flexibility index (Phi) is 3.54. The van der Waals surface area contributed by atoms with Gasteiger partial charge in [0.15, 0.2) is 0 Å². The van der Waals surface area contributed by atoms with E-state index >= 15 is 0 Å². The first-order valence-electron chi connectivity index (χ1n) is 5.98. The van der Waals surface area contributed by atoms with E-state index in [4.69, 9.17) is 0 Å². The molecule has 1 aliphatic carbocycles. The third kappa shape index (κ3) is 2.58. The lowest BCUT2D eigenvalue weighted by atomic mass is 9.75. The summed E-state index contributed by atoms with van der Waals surface area (Å²) in [6.07, 6.45) is 0.296. The molecule has 3 nitrogen and oxygen atoms in total. The summed E-state index contributed by atoms with van der Waals surface area (Å²) in [6, 6.07) is 5.31. The predicted molar refractivity (Wildman–Crippen MR) is 62.0 cm³/mol. The molecule has 1 aliphatic rings. The molecule has 0 atom stereocenters. The summed E-state index contributed by atoms with van der Waals surface area (Å²) in [4.78, 5) is 11.4. The van der Waals surface area contributed by atoms with Crippen LogP contribution >= 0.6 is 0 Å². The molecule has 104 valence electrons. The second kappa shape index (κ2) is 4.85. The number of benzene rings is 1. The van der Waals surface area contributed by atoms with Crippen LogP contribution in [0.1, 0.15) is 24.8 Å². The van der Waals surface area contributed by atoms with Crippen molar-refractivity contribution in [2.45, 2.75) is 37.3 Å². The van der Waals surface area contributed by atoms with E-state index in [0.717, 1.165) is 6.07 Å². The summed E-state index contributed by atoms with van der Waals surface area (Å²) >= 11 is 0. The lowest BCUT2D eigenvalue weighted by Crippen LogP contribution is -2.60. The van der Waals surface area contributed by atoms with Gasteiger partial charge in [0, 0.05) is 6.54 Å². The van der Waals surface area contributed by atoms with Gasteiger partial charge in [0.1, 0.15) is 11.4 Å². The zero-order chi connectivity index (χ0) is 14.1. The standard InChI is InChI=1S/C13H14F3NO2/c14-10-4-1-3-9(7-10)8-17-11(18)13(15,16)12(19)5-2-6-12/h1,3-4,7,19H,2,5-6,8H2,(H,17,18). The third-order valence-corrected chi connectivity index (χ3v) is 3.39. The number of carbonyl (C=O) groups excluding carboxylic acids is 1. The minimum atomic E-state index is -3.82. The third-order valence-electron chi connectivity index (χ3n) is 3.39. The molecule has 2 rings (SSSR count). The van der Waals surface area contributed by atoms with E-state index in [1.807, 2.05) is 5.32 Å². The fourth-order valence-electron chi connectivity index (χ4n) is 1.98. The molecule has 0 bridgehead atoms. The van der Waals surface area contributed by atoms with Gasteiger partial charge in [-0.25, -0.2) is 4.39 Å². The number of hydrogen-bond donors (Lipinski definition) is 2. The molecule has 6 heteroatoms. The van der Waals surface area contributed by atoms with Crippen molar-refractivity contribution in [3.63, 3.8) is 0 Å². The van der Waals surface area contributed by atoms with Crippen LogP contribution in [-0.2, 0) is 11.3 Å². The Morgan fingerprint density at radius 2 is 2.11 bits per heavy atom. The van der Waals surface area contributed by atoms with Crippen LogP contribution in [0.15, 0.2) is 24.3 Å². The molecule has 19 heavy (non-hydrogen) atoms. The molecule has 0 unspecified atom stereocenters. The Bertz CT molecular complexity index is 487. The van der Waals surface area contributed by atoms with Crippen LogP contribution in [0.25, 0.3) is 0 Å². The molecule has 2 N–H and O–H groups in total. The molecule has 0 aliphatic heterocycles. The van der Waals surface area contributed by atoms with Crippen molar-refractivity contribution in [3.8, 4) is 0 Å². The van der Waals surface area contributed by atoms with Gasteiger partial charge in [-0.2, -0.15) is 8.78 Å². The first kappa shape index (κ1) is 13.9. The molecule has 0 radical (unpaired) electrons. The Morgan fingerprint density at radius 1 is 1.42 bits per heavy atom. The molecule has 1 fully saturated rings. The van der Waals surface area contributed by atoms with Crippen LogP contribution in [-0.4, -0.2) is 22.5 Å². The van der Waals surface area contributed by atoms with E-state index in [1.165, 1.54) is 18.2 Å². The quantitative estimate of drug-likeness (QED) is 0.881. The molecule has 0 heterocycles. The molecule has 1 aromatic carbocycles. The number of halogens is 3. The van der Waals surface area contributed by atoms with Crippen molar-refractivity contribution in [2.75, 3.05) is 0 Å². The molecule has 0 saturated heterocycles. The zero-order valence-electron chi connectivity index (χ0n) is 10.1. The number of carbonyl (C=O) groups is 1. The van der Waals surface area contributed by atoms with Crippen LogP contribution in [0.2, 0.25) is 0 Å². The maximum absolute atomic E-state index is 13.7. The van der Waals surface area contributed by atoms with Gasteiger partial charge in [0.2, 0.25) is 0 Å². The van der Waals surface area contributed by atoms with Gasteiger partial charge in [-0.3, -0.25) is 4.79 Å². The Balaban J connectivity index is 1.98. The average molecular weight is 273 g/mol. The van der Waals surface area contributed by atoms with Crippen molar-refractivity contribution >= 4 is 5.91 Å². The topological polar surface area (TPSA) is 49.3 Å². The van der Waals surface area contributed by atoms with Crippen molar-refractivity contribution < 1.29 is 23.1 Å². The molecule has 0 spiro atoms. The molecule has 1 amide bonds. The van der Waals surface area contributed by atoms with Crippen molar-refractivity contribution in [1.82, 2.24) is 5.32 Å². The van der Waals surface area contributed by atoms with Crippen LogP contribution in [0.4, 0.5) is 13.2 Å². The van der Waals surface area contributed by atoms with Crippen molar-refractivity contribution in [3.05, 3.63) is 35.6 Å². The fourth-order valence-corrected chi connectivity index (χ4v) is 1.98. The molecule has 0 aromatic heterocycles. The van der Waals surface area contributed by atoms with E-state index in [0.29, 0.717) is 12.0 Å². The summed E-state index contributed by atoms with van der Waals surface area (Å²) in [5.74, 6) is -5.85. The lowest BCUT2D eigenvalue weighted by Gasteiger charge is -2.41. The van der Waals surface area contributed by atoms with E-state index in [2.05, 4.69) is 0 Å². The van der Waals surface area contributed by atoms with Crippen LogP contribution < -0.4 is 5.32 Å². The van der Waals surface area contributed by atoms with Gasteiger partial charge >= 0.3 is 5.92 Å². The minimum Gasteiger partial charge on any atom is -0.383 e. The highest BCUT2D eigenvalue weighted by Gasteiger charge is 2.60. The molecule has 1 aromatic rings. The van der Waals surface area contributed by atoms with Crippen LogP contribution in [0.3, 0.4) is 0 Å². The van der Waals surface area contributed by atoms with E-state index in [-0.39, 0.29) is 19.4 Å². The van der Waals surface area contributed by atoms with Gasteiger partial charge < -0.3 is 10.4 Å². The first-order valence-corrected chi connectivity index (χ1v) is 5.98. The smallest absolute Gasteiger partial charge is 0.352 e. The minimum absolute atomic E-state index is 0.0899. The molecular weight excluding hydrogens is 259 g/mol. The number of hydrogen-bond acceptors (Lipinski definition) is 2. The number of rotatable bonds is 4. The Morgan fingerprint density at radius 3 is 2.63 bits per heavy atom. The number of aliphatic hydroxyl groups is 1. The fraction of sp³-hybridized carbons (Fsp3) is 0.462.